The zero-order chi connectivity index (χ0) is 19.7. The van der Waals surface area contributed by atoms with Crippen LogP contribution in [0.5, 0.6) is 0 Å². The number of primary amides is 1. The van der Waals surface area contributed by atoms with Crippen molar-refractivity contribution in [3.8, 4) is 0 Å². The molecule has 0 bridgehead atoms. The van der Waals surface area contributed by atoms with E-state index in [1.807, 2.05) is 0 Å². The first kappa shape index (κ1) is 18.5. The monoisotopic (exact) mass is 370 g/mol. The van der Waals surface area contributed by atoms with Gasteiger partial charge in [-0.15, -0.1) is 0 Å². The number of carbonyl (C=O) groups is 3. The normalized spacial score (nSPS) is 14.5. The first-order valence-corrected chi connectivity index (χ1v) is 8.45. The van der Waals surface area contributed by atoms with E-state index in [1.165, 1.54) is 12.1 Å². The number of rotatable bonds is 7. The maximum atomic E-state index is 13.0. The minimum Gasteiger partial charge on any atom is -0.368 e. The summed E-state index contributed by atoms with van der Waals surface area (Å²) >= 11 is 0. The van der Waals surface area contributed by atoms with Gasteiger partial charge in [0.05, 0.1) is 10.5 Å². The number of hydrogen-bond acceptors (Lipinski definition) is 6. The van der Waals surface area contributed by atoms with Gasteiger partial charge < -0.3 is 11.5 Å². The van der Waals surface area contributed by atoms with E-state index in [9.17, 15) is 24.5 Å². The van der Waals surface area contributed by atoms with Gasteiger partial charge in [-0.3, -0.25) is 29.4 Å². The highest BCUT2D eigenvalue weighted by Crippen LogP contribution is 2.34. The molecule has 9 heteroatoms. The Kier molecular flexibility index (Phi) is 4.87. The lowest BCUT2D eigenvalue weighted by atomic mass is 9.91. The summed E-state index contributed by atoms with van der Waals surface area (Å²) in [7, 11) is 0. The van der Waals surface area contributed by atoms with E-state index in [0.717, 1.165) is 11.0 Å². The van der Waals surface area contributed by atoms with Crippen LogP contribution in [0.2, 0.25) is 0 Å². The molecule has 3 amide bonds. The van der Waals surface area contributed by atoms with Crippen LogP contribution >= 0.6 is 0 Å². The highest BCUT2D eigenvalue weighted by atomic mass is 16.6. The Balaban J connectivity index is 2.15. The van der Waals surface area contributed by atoms with Gasteiger partial charge in [-0.2, -0.15) is 0 Å². The molecule has 1 aliphatic heterocycles. The minimum atomic E-state index is -1.14. The second-order valence-electron chi connectivity index (χ2n) is 6.34. The molecule has 0 fully saturated rings. The molecule has 9 nitrogen and oxygen atoms in total. The van der Waals surface area contributed by atoms with Crippen LogP contribution in [-0.2, 0) is 4.79 Å². The van der Waals surface area contributed by atoms with Gasteiger partial charge in [-0.05, 0) is 37.3 Å². The Hall–Kier alpha value is -3.33. The quantitative estimate of drug-likeness (QED) is 0.325. The summed E-state index contributed by atoms with van der Waals surface area (Å²) in [6.07, 6.45) is 1.30. The lowest BCUT2D eigenvalue weighted by molar-refractivity contribution is -0.384. The first-order chi connectivity index (χ1) is 12.9. The SMILES string of the molecule is NCCCC[C@H](C(N)=O)N1C(=O)c2cccc3cc([N+](=O)[O-])cc(c23)C1=O. The molecule has 0 saturated carbocycles. The molecule has 0 aromatic heterocycles. The maximum absolute atomic E-state index is 13.0. The van der Waals surface area contributed by atoms with Crippen molar-refractivity contribution in [2.45, 2.75) is 25.3 Å². The Morgan fingerprint density at radius 3 is 2.48 bits per heavy atom. The van der Waals surface area contributed by atoms with E-state index in [-0.39, 0.29) is 23.2 Å². The molecule has 2 aromatic carbocycles. The second kappa shape index (κ2) is 7.12. The predicted molar refractivity (Wildman–Crippen MR) is 97.0 cm³/mol. The molecule has 3 rings (SSSR count). The maximum Gasteiger partial charge on any atom is 0.270 e. The van der Waals surface area contributed by atoms with Gasteiger partial charge >= 0.3 is 0 Å². The van der Waals surface area contributed by atoms with Gasteiger partial charge in [0, 0.05) is 23.1 Å². The van der Waals surface area contributed by atoms with Crippen LogP contribution in [0.1, 0.15) is 40.0 Å². The van der Waals surface area contributed by atoms with Crippen molar-refractivity contribution in [1.82, 2.24) is 4.90 Å². The van der Waals surface area contributed by atoms with Crippen LogP contribution in [0.15, 0.2) is 30.3 Å². The number of nitrogens with two attached hydrogens (primary N) is 2. The fraction of sp³-hybridized carbons (Fsp3) is 0.278. The fourth-order valence-electron chi connectivity index (χ4n) is 3.38. The summed E-state index contributed by atoms with van der Waals surface area (Å²) in [4.78, 5) is 49.3. The van der Waals surface area contributed by atoms with Crippen molar-refractivity contribution in [2.75, 3.05) is 6.54 Å². The van der Waals surface area contributed by atoms with E-state index in [4.69, 9.17) is 11.5 Å². The van der Waals surface area contributed by atoms with Crippen LogP contribution in [-0.4, -0.2) is 40.1 Å². The number of nitrogens with zero attached hydrogens (tertiary/aromatic N) is 2. The van der Waals surface area contributed by atoms with Gasteiger partial charge in [0.1, 0.15) is 6.04 Å². The van der Waals surface area contributed by atoms with Gasteiger partial charge in [0.2, 0.25) is 5.91 Å². The molecule has 27 heavy (non-hydrogen) atoms. The van der Waals surface area contributed by atoms with Gasteiger partial charge in [0.25, 0.3) is 17.5 Å². The van der Waals surface area contributed by atoms with Gasteiger partial charge in [-0.1, -0.05) is 12.1 Å². The molecule has 1 heterocycles. The summed E-state index contributed by atoms with van der Waals surface area (Å²) in [5, 5.41) is 12.0. The number of non-ortho nitro benzene ring substituents is 1. The van der Waals surface area contributed by atoms with E-state index in [2.05, 4.69) is 0 Å². The number of imide groups is 1. The highest BCUT2D eigenvalue weighted by molar-refractivity contribution is 6.26. The molecule has 1 atom stereocenters. The van der Waals surface area contributed by atoms with E-state index >= 15 is 0 Å². The topological polar surface area (TPSA) is 150 Å². The molecule has 0 unspecified atom stereocenters. The highest BCUT2D eigenvalue weighted by Gasteiger charge is 2.40. The van der Waals surface area contributed by atoms with Crippen LogP contribution in [0.4, 0.5) is 5.69 Å². The van der Waals surface area contributed by atoms with E-state index in [1.54, 1.807) is 12.1 Å². The largest absolute Gasteiger partial charge is 0.368 e. The fourth-order valence-corrected chi connectivity index (χ4v) is 3.38. The molecule has 0 spiro atoms. The molecule has 2 aromatic rings. The summed E-state index contributed by atoms with van der Waals surface area (Å²) in [5.41, 5.74) is 10.9. The standard InChI is InChI=1S/C18H18N4O5/c19-7-2-1-6-14(16(20)23)21-17(24)12-5-3-4-10-8-11(22(26)27)9-13(15(10)12)18(21)25/h3-5,8-9,14H,1-2,6-7,19H2,(H2,20,23)/t14-/m1/s1. The van der Waals surface area contributed by atoms with E-state index < -0.39 is 28.7 Å². The Morgan fingerprint density at radius 1 is 1.15 bits per heavy atom. The molecule has 1 aliphatic rings. The van der Waals surface area contributed by atoms with Crippen molar-refractivity contribution >= 4 is 34.2 Å². The predicted octanol–water partition coefficient (Wildman–Crippen LogP) is 1.33. The summed E-state index contributed by atoms with van der Waals surface area (Å²) < 4.78 is 0. The summed E-state index contributed by atoms with van der Waals surface area (Å²) in [5.74, 6) is -2.21. The van der Waals surface area contributed by atoms with Crippen molar-refractivity contribution in [3.05, 3.63) is 51.6 Å². The number of hydrogen-bond donors (Lipinski definition) is 2. The van der Waals surface area contributed by atoms with Crippen LogP contribution in [0, 0.1) is 10.1 Å². The van der Waals surface area contributed by atoms with Crippen LogP contribution in [0.3, 0.4) is 0 Å². The smallest absolute Gasteiger partial charge is 0.270 e. The number of carbonyl (C=O) groups excluding carboxylic acids is 3. The minimum absolute atomic E-state index is 0.0134. The number of benzene rings is 2. The third kappa shape index (κ3) is 3.13. The van der Waals surface area contributed by atoms with E-state index in [0.29, 0.717) is 30.2 Å². The molecule has 0 radical (unpaired) electrons. The van der Waals surface area contributed by atoms with Crippen LogP contribution in [0.25, 0.3) is 10.8 Å². The molecule has 4 N–H and O–H groups in total. The Morgan fingerprint density at radius 2 is 1.85 bits per heavy atom. The number of nitro benzene ring substituents is 1. The third-order valence-corrected chi connectivity index (χ3v) is 4.64. The number of unbranched alkanes of at least 4 members (excludes halogenated alkanes) is 1. The number of nitro groups is 1. The molecule has 0 aliphatic carbocycles. The Bertz CT molecular complexity index is 972. The first-order valence-electron chi connectivity index (χ1n) is 8.45. The molecule has 140 valence electrons. The molecular formula is C18H18N4O5. The average Bonchev–Trinajstić information content (AvgIpc) is 2.64. The van der Waals surface area contributed by atoms with Crippen molar-refractivity contribution in [1.29, 1.82) is 0 Å². The Labute approximate surface area is 154 Å². The lowest BCUT2D eigenvalue weighted by Crippen LogP contribution is -2.52. The summed E-state index contributed by atoms with van der Waals surface area (Å²) in [6.45, 7) is 0.404. The summed E-state index contributed by atoms with van der Waals surface area (Å²) in [6, 6.07) is 6.00. The third-order valence-electron chi connectivity index (χ3n) is 4.64. The van der Waals surface area contributed by atoms with Crippen LogP contribution < -0.4 is 11.5 Å². The number of amides is 3. The van der Waals surface area contributed by atoms with Crippen molar-refractivity contribution in [3.63, 3.8) is 0 Å². The van der Waals surface area contributed by atoms with Gasteiger partial charge in [0.15, 0.2) is 0 Å². The second-order valence-corrected chi connectivity index (χ2v) is 6.34. The van der Waals surface area contributed by atoms with Crippen molar-refractivity contribution < 1.29 is 19.3 Å². The van der Waals surface area contributed by atoms with Gasteiger partial charge in [-0.25, -0.2) is 0 Å². The average molecular weight is 370 g/mol. The van der Waals surface area contributed by atoms with Crippen molar-refractivity contribution in [2.24, 2.45) is 11.5 Å². The lowest BCUT2D eigenvalue weighted by Gasteiger charge is -2.32. The molecular weight excluding hydrogens is 352 g/mol. The zero-order valence-corrected chi connectivity index (χ0v) is 14.4. The molecule has 0 saturated heterocycles. The zero-order valence-electron chi connectivity index (χ0n) is 14.4.